The molecule has 5 nitrogen and oxygen atoms in total. The molecule has 2 N–H and O–H groups in total. The van der Waals surface area contributed by atoms with Crippen molar-refractivity contribution in [2.75, 3.05) is 11.9 Å². The standard InChI is InChI=1S/C17H14N4OS/c22-20-11-13-12-23-17(21-13)7-3-4-9-18-16-8-10-19-15-6-2-1-5-14(15)16/h1-2,5-6,8,10-12,22H,4,9H2,(H,18,19)/b20-11+. The van der Waals surface area contributed by atoms with Gasteiger partial charge >= 0.3 is 0 Å². The molecular formula is C17H14N4OS. The molecule has 0 saturated heterocycles. The predicted molar refractivity (Wildman–Crippen MR) is 93.2 cm³/mol. The van der Waals surface area contributed by atoms with Gasteiger partial charge in [-0.3, -0.25) is 4.98 Å². The van der Waals surface area contributed by atoms with Gasteiger partial charge in [-0.1, -0.05) is 29.3 Å². The molecular weight excluding hydrogens is 308 g/mol. The highest BCUT2D eigenvalue weighted by Gasteiger charge is 1.99. The van der Waals surface area contributed by atoms with Crippen molar-refractivity contribution in [1.82, 2.24) is 9.97 Å². The third kappa shape index (κ3) is 3.84. The minimum Gasteiger partial charge on any atom is -0.411 e. The Bertz CT molecular complexity index is 887. The van der Waals surface area contributed by atoms with Crippen LogP contribution < -0.4 is 5.32 Å². The van der Waals surface area contributed by atoms with E-state index in [4.69, 9.17) is 5.21 Å². The molecule has 2 aromatic heterocycles. The number of benzene rings is 1. The van der Waals surface area contributed by atoms with Gasteiger partial charge in [0.2, 0.25) is 0 Å². The Balaban J connectivity index is 1.58. The molecule has 0 atom stereocenters. The second-order valence-electron chi connectivity index (χ2n) is 4.68. The van der Waals surface area contributed by atoms with Crippen molar-refractivity contribution < 1.29 is 5.21 Å². The topological polar surface area (TPSA) is 70.4 Å². The normalized spacial score (nSPS) is 10.6. The van der Waals surface area contributed by atoms with Crippen LogP contribution in [-0.2, 0) is 0 Å². The number of hydrogen-bond donors (Lipinski definition) is 2. The van der Waals surface area contributed by atoms with Crippen LogP contribution in [0.25, 0.3) is 10.9 Å². The third-order valence-electron chi connectivity index (χ3n) is 3.12. The van der Waals surface area contributed by atoms with Crippen molar-refractivity contribution in [3.05, 3.63) is 52.6 Å². The molecule has 0 bridgehead atoms. The van der Waals surface area contributed by atoms with E-state index in [-0.39, 0.29) is 0 Å². The maximum Gasteiger partial charge on any atom is 0.167 e. The van der Waals surface area contributed by atoms with Gasteiger partial charge in [0, 0.05) is 35.6 Å². The van der Waals surface area contributed by atoms with Crippen molar-refractivity contribution in [3.63, 3.8) is 0 Å². The van der Waals surface area contributed by atoms with E-state index in [0.717, 1.165) is 23.1 Å². The molecule has 0 spiro atoms. The van der Waals surface area contributed by atoms with Gasteiger partial charge in [-0.05, 0) is 18.1 Å². The van der Waals surface area contributed by atoms with Crippen LogP contribution in [0.1, 0.15) is 17.1 Å². The van der Waals surface area contributed by atoms with E-state index in [1.165, 1.54) is 17.6 Å². The first kappa shape index (κ1) is 15.0. The highest BCUT2D eigenvalue weighted by Crippen LogP contribution is 2.20. The van der Waals surface area contributed by atoms with Gasteiger partial charge in [0.1, 0.15) is 0 Å². The molecule has 0 aliphatic rings. The number of para-hydroxylation sites is 1. The van der Waals surface area contributed by atoms with E-state index in [1.807, 2.05) is 24.3 Å². The van der Waals surface area contributed by atoms with E-state index in [9.17, 15) is 0 Å². The van der Waals surface area contributed by atoms with Gasteiger partial charge in [-0.15, -0.1) is 11.3 Å². The summed E-state index contributed by atoms with van der Waals surface area (Å²) in [6.45, 7) is 0.747. The molecule has 0 radical (unpaired) electrons. The second kappa shape index (κ2) is 7.38. The van der Waals surface area contributed by atoms with Crippen molar-refractivity contribution in [2.24, 2.45) is 5.16 Å². The molecule has 23 heavy (non-hydrogen) atoms. The Morgan fingerprint density at radius 2 is 2.22 bits per heavy atom. The Morgan fingerprint density at radius 1 is 1.30 bits per heavy atom. The maximum absolute atomic E-state index is 8.44. The number of thiazole rings is 1. The average molecular weight is 322 g/mol. The fourth-order valence-electron chi connectivity index (χ4n) is 2.11. The number of hydrogen-bond acceptors (Lipinski definition) is 6. The SMILES string of the molecule is O/N=C/c1csc(C#CCCNc2ccnc3ccccc23)n1. The van der Waals surface area contributed by atoms with Crippen molar-refractivity contribution >= 4 is 34.1 Å². The Kier molecular flexibility index (Phi) is 4.82. The molecule has 2 heterocycles. The first-order valence-corrected chi connectivity index (χ1v) is 7.94. The van der Waals surface area contributed by atoms with E-state index in [1.54, 1.807) is 11.6 Å². The summed E-state index contributed by atoms with van der Waals surface area (Å²) < 4.78 is 0. The summed E-state index contributed by atoms with van der Waals surface area (Å²) in [5, 5.41) is 18.4. The zero-order valence-corrected chi connectivity index (χ0v) is 13.0. The van der Waals surface area contributed by atoms with Gasteiger partial charge in [-0.2, -0.15) is 0 Å². The van der Waals surface area contributed by atoms with Crippen LogP contribution in [0.2, 0.25) is 0 Å². The third-order valence-corrected chi connectivity index (χ3v) is 3.90. The van der Waals surface area contributed by atoms with Gasteiger partial charge < -0.3 is 10.5 Å². The zero-order valence-electron chi connectivity index (χ0n) is 12.2. The minimum atomic E-state index is 0.614. The van der Waals surface area contributed by atoms with Crippen LogP contribution in [0.5, 0.6) is 0 Å². The largest absolute Gasteiger partial charge is 0.411 e. The molecule has 6 heteroatoms. The number of rotatable bonds is 4. The van der Waals surface area contributed by atoms with Gasteiger partial charge in [0.05, 0.1) is 17.4 Å². The Morgan fingerprint density at radius 3 is 3.13 bits per heavy atom. The van der Waals surface area contributed by atoms with Gasteiger partial charge in [0.25, 0.3) is 0 Å². The first-order valence-electron chi connectivity index (χ1n) is 7.06. The van der Waals surface area contributed by atoms with Crippen molar-refractivity contribution in [2.45, 2.75) is 6.42 Å². The first-order chi connectivity index (χ1) is 11.4. The van der Waals surface area contributed by atoms with E-state index in [2.05, 4.69) is 38.3 Å². The quantitative estimate of drug-likeness (QED) is 0.254. The van der Waals surface area contributed by atoms with E-state index < -0.39 is 0 Å². The molecule has 0 fully saturated rings. The van der Waals surface area contributed by atoms with Crippen LogP contribution in [0, 0.1) is 11.8 Å². The van der Waals surface area contributed by atoms with E-state index in [0.29, 0.717) is 17.1 Å². The predicted octanol–water partition coefficient (Wildman–Crippen LogP) is 3.35. The fraction of sp³-hybridized carbons (Fsp3) is 0.118. The molecule has 0 aliphatic heterocycles. The number of anilines is 1. The number of nitrogens with zero attached hydrogens (tertiary/aromatic N) is 3. The van der Waals surface area contributed by atoms with Crippen LogP contribution in [-0.4, -0.2) is 27.9 Å². The summed E-state index contributed by atoms with van der Waals surface area (Å²) in [5.41, 5.74) is 2.65. The van der Waals surface area contributed by atoms with Crippen LogP contribution in [0.15, 0.2) is 47.1 Å². The van der Waals surface area contributed by atoms with Crippen LogP contribution in [0.3, 0.4) is 0 Å². The second-order valence-corrected chi connectivity index (χ2v) is 5.53. The lowest BCUT2D eigenvalue weighted by Crippen LogP contribution is -2.01. The lowest BCUT2D eigenvalue weighted by Gasteiger charge is -2.07. The molecule has 3 aromatic rings. The monoisotopic (exact) mass is 322 g/mol. The Hall–Kier alpha value is -2.91. The van der Waals surface area contributed by atoms with Crippen LogP contribution >= 0.6 is 11.3 Å². The van der Waals surface area contributed by atoms with Crippen molar-refractivity contribution in [1.29, 1.82) is 0 Å². The lowest BCUT2D eigenvalue weighted by atomic mass is 10.2. The molecule has 0 unspecified atom stereocenters. The lowest BCUT2D eigenvalue weighted by molar-refractivity contribution is 0.321. The fourth-order valence-corrected chi connectivity index (χ4v) is 2.74. The summed E-state index contributed by atoms with van der Waals surface area (Å²) in [6.07, 6.45) is 3.80. The van der Waals surface area contributed by atoms with Crippen LogP contribution in [0.4, 0.5) is 5.69 Å². The van der Waals surface area contributed by atoms with Crippen molar-refractivity contribution in [3.8, 4) is 11.8 Å². The Labute approximate surface area is 137 Å². The minimum absolute atomic E-state index is 0.614. The number of aromatic nitrogens is 2. The number of fused-ring (bicyclic) bond motifs is 1. The number of oxime groups is 1. The molecule has 3 rings (SSSR count). The molecule has 0 amide bonds. The highest BCUT2D eigenvalue weighted by atomic mass is 32.1. The molecule has 0 aliphatic carbocycles. The number of nitrogens with one attached hydrogen (secondary N) is 1. The molecule has 114 valence electrons. The molecule has 0 saturated carbocycles. The summed E-state index contributed by atoms with van der Waals surface area (Å²) >= 11 is 1.43. The summed E-state index contributed by atoms with van der Waals surface area (Å²) in [5.74, 6) is 6.10. The summed E-state index contributed by atoms with van der Waals surface area (Å²) in [7, 11) is 0. The number of pyridine rings is 1. The van der Waals surface area contributed by atoms with E-state index >= 15 is 0 Å². The summed E-state index contributed by atoms with van der Waals surface area (Å²) in [6, 6.07) is 10.0. The smallest absolute Gasteiger partial charge is 0.167 e. The van der Waals surface area contributed by atoms with Gasteiger partial charge in [-0.25, -0.2) is 4.98 Å². The zero-order chi connectivity index (χ0) is 15.9. The summed E-state index contributed by atoms with van der Waals surface area (Å²) in [4.78, 5) is 8.54. The highest BCUT2D eigenvalue weighted by molar-refractivity contribution is 7.10. The maximum atomic E-state index is 8.44. The average Bonchev–Trinajstić information content (AvgIpc) is 3.02. The van der Waals surface area contributed by atoms with Gasteiger partial charge in [0.15, 0.2) is 5.01 Å². The molecule has 1 aromatic carbocycles.